The largest absolute Gasteiger partial charge is 0.438 e. The van der Waals surface area contributed by atoms with Crippen LogP contribution < -0.4 is 5.73 Å². The summed E-state index contributed by atoms with van der Waals surface area (Å²) in [6, 6.07) is 0. The van der Waals surface area contributed by atoms with E-state index in [9.17, 15) is 61.1 Å². The molecule has 0 fully saturated rings. The Kier molecular flexibility index (Phi) is 10.7. The molecule has 0 rings (SSSR count). The molecule has 0 radical (unpaired) electrons. The maximum atomic E-state index is 13.2. The van der Waals surface area contributed by atoms with Crippen LogP contribution in [0, 0.1) is 0 Å². The van der Waals surface area contributed by atoms with Gasteiger partial charge in [0.2, 0.25) is 0 Å². The van der Waals surface area contributed by atoms with Gasteiger partial charge < -0.3 is 5.73 Å². The molecular weight excluding hydrogens is 478 g/mol. The second-order valence-corrected chi connectivity index (χ2v) is 7.08. The van der Waals surface area contributed by atoms with Crippen molar-refractivity contribution in [3.05, 3.63) is 12.7 Å². The Bertz CT molecular complexity index is 648. The maximum Gasteiger partial charge on any atom is 0.438 e. The molecule has 182 valence electrons. The Hall–Kier alpha value is -1.23. The molecule has 0 aromatic rings. The predicted octanol–water partition coefficient (Wildman–Crippen LogP) is 4.96. The third kappa shape index (κ3) is 7.18. The number of halogens is 12. The van der Waals surface area contributed by atoms with Gasteiger partial charge in [0.25, 0.3) is 0 Å². The minimum absolute atomic E-state index is 0.583. The molecule has 0 amide bonds. The Balaban J connectivity index is 0. The predicted molar refractivity (Wildman–Crippen MR) is 80.0 cm³/mol. The van der Waals surface area contributed by atoms with Gasteiger partial charge in [0, 0.05) is 13.0 Å². The molecule has 17 heteroatoms. The highest BCUT2D eigenvalue weighted by molar-refractivity contribution is 7.87. The fourth-order valence-electron chi connectivity index (χ4n) is 1.58. The SMILES string of the molecule is C=CCN.O=S(=O)(O)C(F)(F)C(F)(F)C(F)(F)C(F)(F)C(F)CCCCC(F)(F)F. The van der Waals surface area contributed by atoms with Crippen molar-refractivity contribution in [2.75, 3.05) is 6.54 Å². The van der Waals surface area contributed by atoms with Gasteiger partial charge in [0.15, 0.2) is 6.17 Å². The number of unbranched alkanes of at least 4 members (excludes halogenated alkanes) is 1. The fourth-order valence-corrected chi connectivity index (χ4v) is 2.03. The summed E-state index contributed by atoms with van der Waals surface area (Å²) in [5.74, 6) is -21.4. The van der Waals surface area contributed by atoms with Crippen LogP contribution in [0.5, 0.6) is 0 Å². The zero-order valence-corrected chi connectivity index (χ0v) is 15.5. The Morgan fingerprint density at radius 3 is 1.60 bits per heavy atom. The van der Waals surface area contributed by atoms with Crippen LogP contribution in [0.25, 0.3) is 0 Å². The van der Waals surface area contributed by atoms with Gasteiger partial charge in [-0.2, -0.15) is 56.7 Å². The molecule has 30 heavy (non-hydrogen) atoms. The van der Waals surface area contributed by atoms with Crippen LogP contribution in [-0.2, 0) is 10.1 Å². The van der Waals surface area contributed by atoms with Crippen molar-refractivity contribution in [3.8, 4) is 0 Å². The van der Waals surface area contributed by atoms with E-state index in [1.807, 2.05) is 0 Å². The lowest BCUT2D eigenvalue weighted by atomic mass is 9.96. The first-order valence-corrected chi connectivity index (χ1v) is 8.98. The summed E-state index contributed by atoms with van der Waals surface area (Å²) in [7, 11) is -7.31. The molecule has 0 aliphatic carbocycles. The standard InChI is InChI=1S/C10H10F12O3S.C3H7N/c11-5(3-1-2-4-6(12,13)14)7(15,16)8(17,18)9(19,20)10(21,22)26(23,24)25;1-2-3-4/h5H,1-4H2,(H,23,24,25);2H,1,3-4H2. The molecule has 0 spiro atoms. The first-order valence-electron chi connectivity index (χ1n) is 7.54. The van der Waals surface area contributed by atoms with Gasteiger partial charge in [-0.15, -0.1) is 6.58 Å². The monoisotopic (exact) mass is 495 g/mol. The Morgan fingerprint density at radius 2 is 1.30 bits per heavy atom. The van der Waals surface area contributed by atoms with E-state index >= 15 is 0 Å². The summed E-state index contributed by atoms with van der Waals surface area (Å²) in [6.45, 7) is 3.94. The lowest BCUT2D eigenvalue weighted by Gasteiger charge is -2.36. The van der Waals surface area contributed by atoms with E-state index < -0.39 is 71.2 Å². The number of nitrogens with two attached hydrogens (primary N) is 1. The quantitative estimate of drug-likeness (QED) is 0.194. The van der Waals surface area contributed by atoms with Crippen molar-refractivity contribution >= 4 is 10.1 Å². The minimum Gasteiger partial charge on any atom is -0.327 e. The highest BCUT2D eigenvalue weighted by atomic mass is 32.2. The number of hydrogen-bond acceptors (Lipinski definition) is 3. The minimum atomic E-state index is -7.45. The van der Waals surface area contributed by atoms with Crippen molar-refractivity contribution in [1.82, 2.24) is 0 Å². The van der Waals surface area contributed by atoms with E-state index in [1.165, 1.54) is 0 Å². The summed E-state index contributed by atoms with van der Waals surface area (Å²) in [5, 5.41) is -7.11. The van der Waals surface area contributed by atoms with Gasteiger partial charge >= 0.3 is 39.3 Å². The summed E-state index contributed by atoms with van der Waals surface area (Å²) in [4.78, 5) is 0. The number of hydrogen-bond donors (Lipinski definition) is 2. The molecule has 0 bridgehead atoms. The third-order valence-electron chi connectivity index (χ3n) is 3.23. The van der Waals surface area contributed by atoms with Crippen molar-refractivity contribution in [2.45, 2.75) is 61.1 Å². The molecule has 0 aromatic carbocycles. The van der Waals surface area contributed by atoms with E-state index in [0.29, 0.717) is 6.54 Å². The number of rotatable bonds is 10. The van der Waals surface area contributed by atoms with Gasteiger partial charge in [0.05, 0.1) is 0 Å². The number of alkyl halides is 12. The molecule has 1 unspecified atom stereocenters. The average Bonchev–Trinajstić information content (AvgIpc) is 2.56. The Morgan fingerprint density at radius 1 is 0.900 bits per heavy atom. The molecule has 0 aliphatic heterocycles. The van der Waals surface area contributed by atoms with E-state index in [4.69, 9.17) is 10.3 Å². The molecule has 3 N–H and O–H groups in total. The smallest absolute Gasteiger partial charge is 0.327 e. The zero-order valence-electron chi connectivity index (χ0n) is 14.7. The summed E-state index contributed by atoms with van der Waals surface area (Å²) >= 11 is 0. The van der Waals surface area contributed by atoms with Crippen LogP contribution in [0.3, 0.4) is 0 Å². The normalized spacial score (nSPS) is 15.3. The second-order valence-electron chi connectivity index (χ2n) is 5.62. The first-order chi connectivity index (χ1) is 13.0. The summed E-state index contributed by atoms with van der Waals surface area (Å²) in [5.41, 5.74) is 4.91. The van der Waals surface area contributed by atoms with Gasteiger partial charge in [-0.05, 0) is 19.3 Å². The molecule has 4 nitrogen and oxygen atoms in total. The van der Waals surface area contributed by atoms with Crippen LogP contribution in [0.4, 0.5) is 52.7 Å². The molecule has 0 heterocycles. The van der Waals surface area contributed by atoms with Crippen LogP contribution in [0.2, 0.25) is 0 Å². The van der Waals surface area contributed by atoms with Gasteiger partial charge in [-0.25, -0.2) is 4.39 Å². The highest BCUT2D eigenvalue weighted by Gasteiger charge is 2.85. The average molecular weight is 495 g/mol. The lowest BCUT2D eigenvalue weighted by molar-refractivity contribution is -0.359. The molecule has 0 saturated carbocycles. The van der Waals surface area contributed by atoms with Gasteiger partial charge in [0.1, 0.15) is 0 Å². The summed E-state index contributed by atoms with van der Waals surface area (Å²) in [6.07, 6.45) is -13.1. The fraction of sp³-hybridized carbons (Fsp3) is 0.846. The highest BCUT2D eigenvalue weighted by Crippen LogP contribution is 2.55. The van der Waals surface area contributed by atoms with Crippen LogP contribution in [0.1, 0.15) is 25.7 Å². The van der Waals surface area contributed by atoms with E-state index in [2.05, 4.69) is 6.58 Å². The van der Waals surface area contributed by atoms with Crippen molar-refractivity contribution in [3.63, 3.8) is 0 Å². The Labute approximate surface area is 162 Å². The van der Waals surface area contributed by atoms with Crippen LogP contribution in [-0.4, -0.2) is 54.9 Å². The van der Waals surface area contributed by atoms with Gasteiger partial charge in [-0.3, -0.25) is 4.55 Å². The second kappa shape index (κ2) is 10.4. The van der Waals surface area contributed by atoms with E-state index in [0.717, 1.165) is 0 Å². The third-order valence-corrected chi connectivity index (χ3v) is 4.13. The van der Waals surface area contributed by atoms with Crippen molar-refractivity contribution < 1.29 is 65.7 Å². The molecule has 0 saturated heterocycles. The van der Waals surface area contributed by atoms with Crippen molar-refractivity contribution in [1.29, 1.82) is 0 Å². The van der Waals surface area contributed by atoms with E-state index in [-0.39, 0.29) is 0 Å². The molecule has 0 aliphatic rings. The first kappa shape index (κ1) is 31.0. The maximum absolute atomic E-state index is 13.2. The van der Waals surface area contributed by atoms with Crippen LogP contribution >= 0.6 is 0 Å². The van der Waals surface area contributed by atoms with Crippen molar-refractivity contribution in [2.24, 2.45) is 5.73 Å². The molecular formula is C13H17F12NO3S. The topological polar surface area (TPSA) is 80.4 Å². The molecule has 1 atom stereocenters. The van der Waals surface area contributed by atoms with Crippen LogP contribution in [0.15, 0.2) is 12.7 Å². The lowest BCUT2D eigenvalue weighted by Crippen LogP contribution is -2.66. The zero-order chi connectivity index (χ0) is 24.8. The van der Waals surface area contributed by atoms with Gasteiger partial charge in [-0.1, -0.05) is 6.08 Å². The van der Waals surface area contributed by atoms with E-state index in [1.54, 1.807) is 6.08 Å². The molecule has 0 aromatic heterocycles. The summed E-state index contributed by atoms with van der Waals surface area (Å²) < 4.78 is 181.